The zero-order chi connectivity index (χ0) is 17.4. The molecule has 1 aromatic carbocycles. The maximum atomic E-state index is 13.2. The van der Waals surface area contributed by atoms with Crippen LogP contribution in [0, 0.1) is 0 Å². The average Bonchev–Trinajstić information content (AvgIpc) is 3.21. The molecule has 10 heteroatoms. The molecule has 4 rings (SSSR count). The van der Waals surface area contributed by atoms with Crippen LogP contribution in [-0.2, 0) is 12.7 Å². The molecule has 0 unspecified atom stereocenters. The van der Waals surface area contributed by atoms with Crippen LogP contribution in [0.25, 0.3) is 16.6 Å². The second kappa shape index (κ2) is 5.65. The van der Waals surface area contributed by atoms with E-state index in [9.17, 15) is 13.2 Å². The van der Waals surface area contributed by atoms with Gasteiger partial charge in [0.25, 0.3) is 0 Å². The van der Waals surface area contributed by atoms with E-state index in [0.717, 1.165) is 6.20 Å². The Kier molecular flexibility index (Phi) is 3.45. The number of pyridine rings is 1. The number of halogens is 3. The molecule has 126 valence electrons. The van der Waals surface area contributed by atoms with Gasteiger partial charge >= 0.3 is 6.18 Å². The summed E-state index contributed by atoms with van der Waals surface area (Å²) in [6.45, 7) is -0.0154. The van der Waals surface area contributed by atoms with Crippen molar-refractivity contribution in [3.63, 3.8) is 0 Å². The molecule has 4 aromatic rings. The molecule has 0 N–H and O–H groups in total. The Morgan fingerprint density at radius 2 is 1.84 bits per heavy atom. The number of hydrogen-bond donors (Lipinski definition) is 0. The van der Waals surface area contributed by atoms with E-state index >= 15 is 0 Å². The minimum absolute atomic E-state index is 0.0154. The smallest absolute Gasteiger partial charge is 0.264 e. The maximum absolute atomic E-state index is 13.2. The minimum Gasteiger partial charge on any atom is -0.264 e. The van der Waals surface area contributed by atoms with E-state index in [0.29, 0.717) is 17.0 Å². The van der Waals surface area contributed by atoms with E-state index < -0.39 is 11.9 Å². The van der Waals surface area contributed by atoms with Crippen molar-refractivity contribution >= 4 is 10.9 Å². The Hall–Kier alpha value is -3.30. The van der Waals surface area contributed by atoms with Gasteiger partial charge in [-0.3, -0.25) is 9.67 Å². The molecule has 25 heavy (non-hydrogen) atoms. The minimum atomic E-state index is -4.57. The van der Waals surface area contributed by atoms with Gasteiger partial charge in [-0.05, 0) is 28.6 Å². The predicted octanol–water partition coefficient (Wildman–Crippen LogP) is 2.47. The van der Waals surface area contributed by atoms with Crippen LogP contribution in [0.3, 0.4) is 0 Å². The Labute approximate surface area is 138 Å². The molecule has 7 nitrogen and oxygen atoms in total. The summed E-state index contributed by atoms with van der Waals surface area (Å²) in [5.74, 6) is 0.362. The van der Waals surface area contributed by atoms with E-state index in [1.165, 1.54) is 21.6 Å². The number of tetrazole rings is 1. The van der Waals surface area contributed by atoms with E-state index in [-0.39, 0.29) is 11.9 Å². The summed E-state index contributed by atoms with van der Waals surface area (Å²) < 4.78 is 42.3. The monoisotopic (exact) mass is 345 g/mol. The molecule has 0 aliphatic heterocycles. The van der Waals surface area contributed by atoms with Gasteiger partial charge in [-0.1, -0.05) is 18.2 Å². The number of alkyl halides is 3. The maximum Gasteiger partial charge on any atom is 0.435 e. The predicted molar refractivity (Wildman–Crippen MR) is 80.8 cm³/mol. The van der Waals surface area contributed by atoms with Crippen LogP contribution in [0.1, 0.15) is 11.5 Å². The fraction of sp³-hybridized carbons (Fsp3) is 0.133. The summed E-state index contributed by atoms with van der Waals surface area (Å²) in [6.07, 6.45) is -2.00. The summed E-state index contributed by atoms with van der Waals surface area (Å²) in [5.41, 5.74) is 0.0379. The van der Waals surface area contributed by atoms with Crippen LogP contribution >= 0.6 is 0 Å². The summed E-state index contributed by atoms with van der Waals surface area (Å²) in [5, 5.41) is 15.1. The summed E-state index contributed by atoms with van der Waals surface area (Å²) >= 11 is 0. The van der Waals surface area contributed by atoms with Crippen LogP contribution in [-0.4, -0.2) is 35.0 Å². The van der Waals surface area contributed by atoms with E-state index in [4.69, 9.17) is 0 Å². The average molecular weight is 345 g/mol. The third-order valence-corrected chi connectivity index (χ3v) is 3.65. The second-order valence-electron chi connectivity index (χ2n) is 5.24. The number of fused-ring (bicyclic) bond motifs is 1. The second-order valence-corrected chi connectivity index (χ2v) is 5.24. The number of para-hydroxylation sites is 1. The van der Waals surface area contributed by atoms with Crippen LogP contribution in [0.2, 0.25) is 0 Å². The molecule has 0 atom stereocenters. The van der Waals surface area contributed by atoms with Crippen LogP contribution in [0.4, 0.5) is 13.2 Å². The summed E-state index contributed by atoms with van der Waals surface area (Å²) in [7, 11) is 0. The normalized spacial score (nSPS) is 12.0. The quantitative estimate of drug-likeness (QED) is 0.570. The number of nitrogens with zero attached hydrogens (tertiary/aromatic N) is 7. The number of benzene rings is 1. The lowest BCUT2D eigenvalue weighted by molar-refractivity contribution is -0.140. The molecule has 0 spiro atoms. The number of aromatic nitrogens is 7. The molecule has 0 aliphatic rings. The largest absolute Gasteiger partial charge is 0.435 e. The van der Waals surface area contributed by atoms with Crippen molar-refractivity contribution in [2.75, 3.05) is 0 Å². The van der Waals surface area contributed by atoms with Crippen LogP contribution in [0.5, 0.6) is 0 Å². The third-order valence-electron chi connectivity index (χ3n) is 3.65. The highest BCUT2D eigenvalue weighted by atomic mass is 19.4. The fourth-order valence-electron chi connectivity index (χ4n) is 2.56. The lowest BCUT2D eigenvalue weighted by Gasteiger charge is -2.05. The Morgan fingerprint density at radius 3 is 2.60 bits per heavy atom. The van der Waals surface area contributed by atoms with Crippen molar-refractivity contribution in [3.8, 4) is 5.69 Å². The van der Waals surface area contributed by atoms with Crippen molar-refractivity contribution < 1.29 is 13.2 Å². The zero-order valence-electron chi connectivity index (χ0n) is 12.6. The number of hydrogen-bond acceptors (Lipinski definition) is 5. The lowest BCUT2D eigenvalue weighted by atomic mass is 10.2. The van der Waals surface area contributed by atoms with E-state index in [1.54, 1.807) is 12.1 Å². The van der Waals surface area contributed by atoms with Crippen molar-refractivity contribution in [2.45, 2.75) is 12.7 Å². The molecule has 3 heterocycles. The van der Waals surface area contributed by atoms with Gasteiger partial charge in [-0.2, -0.15) is 23.0 Å². The highest BCUT2D eigenvalue weighted by Gasteiger charge is 2.37. The molecule has 0 saturated carbocycles. The molecule has 0 bridgehead atoms. The summed E-state index contributed by atoms with van der Waals surface area (Å²) in [4.78, 5) is 3.76. The summed E-state index contributed by atoms with van der Waals surface area (Å²) in [6, 6.07) is 10.6. The Bertz CT molecular complexity index is 1020. The Balaban J connectivity index is 1.80. The van der Waals surface area contributed by atoms with Crippen LogP contribution in [0.15, 0.2) is 48.8 Å². The SMILES string of the molecule is FC(F)(F)c1nn(Cc2nnnn2-c2ccccc2)c2ccncc12. The molecular formula is C15H10F3N7. The van der Waals surface area contributed by atoms with E-state index in [1.807, 2.05) is 18.2 Å². The van der Waals surface area contributed by atoms with Crippen LogP contribution < -0.4 is 0 Å². The van der Waals surface area contributed by atoms with Gasteiger partial charge in [0.2, 0.25) is 0 Å². The standard InChI is InChI=1S/C15H10F3N7/c16-15(17,18)14-11-8-19-7-6-12(11)24(21-14)9-13-20-22-23-25(13)10-4-2-1-3-5-10/h1-8H,9H2. The lowest BCUT2D eigenvalue weighted by Crippen LogP contribution is -2.12. The van der Waals surface area contributed by atoms with Gasteiger partial charge in [0, 0.05) is 12.4 Å². The van der Waals surface area contributed by atoms with Gasteiger partial charge in [0.05, 0.1) is 16.6 Å². The Morgan fingerprint density at radius 1 is 1.04 bits per heavy atom. The molecule has 3 aromatic heterocycles. The first-order valence-electron chi connectivity index (χ1n) is 7.24. The van der Waals surface area contributed by atoms with Gasteiger partial charge in [-0.15, -0.1) is 5.10 Å². The molecule has 0 saturated heterocycles. The highest BCUT2D eigenvalue weighted by molar-refractivity contribution is 5.81. The zero-order valence-corrected chi connectivity index (χ0v) is 12.6. The van der Waals surface area contributed by atoms with Crippen molar-refractivity contribution in [2.24, 2.45) is 0 Å². The first kappa shape index (κ1) is 15.2. The third kappa shape index (κ3) is 2.71. The fourth-order valence-corrected chi connectivity index (χ4v) is 2.56. The molecule has 0 aliphatic carbocycles. The van der Waals surface area contributed by atoms with Crippen molar-refractivity contribution in [1.29, 1.82) is 0 Å². The topological polar surface area (TPSA) is 74.3 Å². The van der Waals surface area contributed by atoms with Crippen molar-refractivity contribution in [1.82, 2.24) is 35.0 Å². The molecular weight excluding hydrogens is 335 g/mol. The first-order chi connectivity index (χ1) is 12.0. The van der Waals surface area contributed by atoms with Gasteiger partial charge in [0.1, 0.15) is 6.54 Å². The number of rotatable bonds is 3. The van der Waals surface area contributed by atoms with E-state index in [2.05, 4.69) is 25.6 Å². The van der Waals surface area contributed by atoms with Crippen molar-refractivity contribution in [3.05, 3.63) is 60.3 Å². The molecule has 0 amide bonds. The molecule has 0 fully saturated rings. The van der Waals surface area contributed by atoms with Gasteiger partial charge < -0.3 is 0 Å². The molecule has 0 radical (unpaired) electrons. The highest BCUT2D eigenvalue weighted by Crippen LogP contribution is 2.33. The van der Waals surface area contributed by atoms with Gasteiger partial charge in [0.15, 0.2) is 11.5 Å². The van der Waals surface area contributed by atoms with Gasteiger partial charge in [-0.25, -0.2) is 0 Å². The first-order valence-corrected chi connectivity index (χ1v) is 7.24.